The Morgan fingerprint density at radius 2 is 2.00 bits per heavy atom. The van der Waals surface area contributed by atoms with E-state index in [0.29, 0.717) is 0 Å². The summed E-state index contributed by atoms with van der Waals surface area (Å²) in [6.07, 6.45) is -4.86. The van der Waals surface area contributed by atoms with Gasteiger partial charge in [-0.3, -0.25) is 4.79 Å². The summed E-state index contributed by atoms with van der Waals surface area (Å²) in [6.45, 7) is 4.88. The summed E-state index contributed by atoms with van der Waals surface area (Å²) in [4.78, 5) is 24.6. The SMILES string of the molecule is CCO[C@H]1O[C@@H](C)[C@@H](O)C(=O)[C@H]1OC(=O)c1c(C)cc(O)cc1O. The lowest BCUT2D eigenvalue weighted by molar-refractivity contribution is -0.245. The number of carbonyl (C=O) groups is 2. The lowest BCUT2D eigenvalue weighted by Gasteiger charge is -2.35. The molecule has 1 aliphatic heterocycles. The minimum Gasteiger partial charge on any atom is -0.508 e. The smallest absolute Gasteiger partial charge is 0.343 e. The van der Waals surface area contributed by atoms with E-state index in [0.717, 1.165) is 6.07 Å². The Kier molecular flexibility index (Phi) is 5.43. The fourth-order valence-corrected chi connectivity index (χ4v) is 2.49. The van der Waals surface area contributed by atoms with Crippen molar-refractivity contribution in [1.82, 2.24) is 0 Å². The van der Waals surface area contributed by atoms with Crippen LogP contribution < -0.4 is 0 Å². The summed E-state index contributed by atoms with van der Waals surface area (Å²) in [7, 11) is 0. The fraction of sp³-hybridized carbons (Fsp3) is 0.500. The van der Waals surface area contributed by atoms with Gasteiger partial charge in [-0.1, -0.05) is 0 Å². The summed E-state index contributed by atoms with van der Waals surface area (Å²) in [5.74, 6) is -2.42. The first-order valence-electron chi connectivity index (χ1n) is 7.48. The number of phenolic OH excluding ortho intramolecular Hbond substituents is 2. The monoisotopic (exact) mass is 340 g/mol. The van der Waals surface area contributed by atoms with Gasteiger partial charge in [0, 0.05) is 12.7 Å². The van der Waals surface area contributed by atoms with Crippen LogP contribution in [0.1, 0.15) is 29.8 Å². The molecule has 0 saturated carbocycles. The molecular formula is C16H20O8. The highest BCUT2D eigenvalue weighted by molar-refractivity contribution is 5.97. The first-order valence-corrected chi connectivity index (χ1v) is 7.48. The molecule has 4 atom stereocenters. The normalized spacial score (nSPS) is 27.1. The minimum absolute atomic E-state index is 0.191. The molecule has 1 fully saturated rings. The number of carbonyl (C=O) groups excluding carboxylic acids is 2. The predicted molar refractivity (Wildman–Crippen MR) is 80.7 cm³/mol. The van der Waals surface area contributed by atoms with Crippen LogP contribution in [-0.4, -0.2) is 58.3 Å². The number of rotatable bonds is 4. The molecule has 1 aromatic rings. The Morgan fingerprint density at radius 3 is 2.58 bits per heavy atom. The maximum absolute atomic E-state index is 12.3. The van der Waals surface area contributed by atoms with E-state index >= 15 is 0 Å². The number of hydrogen-bond donors (Lipinski definition) is 3. The van der Waals surface area contributed by atoms with Crippen molar-refractivity contribution >= 4 is 11.8 Å². The molecule has 132 valence electrons. The molecule has 24 heavy (non-hydrogen) atoms. The number of hydrogen-bond acceptors (Lipinski definition) is 8. The average molecular weight is 340 g/mol. The first-order chi connectivity index (χ1) is 11.3. The van der Waals surface area contributed by atoms with Gasteiger partial charge in [0.25, 0.3) is 0 Å². The second-order valence-electron chi connectivity index (χ2n) is 5.49. The summed E-state index contributed by atoms with van der Waals surface area (Å²) in [6, 6.07) is 2.26. The minimum atomic E-state index is -1.46. The van der Waals surface area contributed by atoms with Crippen LogP contribution in [0.5, 0.6) is 11.5 Å². The molecule has 1 heterocycles. The van der Waals surface area contributed by atoms with Crippen LogP contribution in [0.15, 0.2) is 12.1 Å². The van der Waals surface area contributed by atoms with Crippen molar-refractivity contribution in [2.24, 2.45) is 0 Å². The molecule has 0 radical (unpaired) electrons. The van der Waals surface area contributed by atoms with Crippen molar-refractivity contribution < 1.29 is 39.1 Å². The summed E-state index contributed by atoms with van der Waals surface area (Å²) >= 11 is 0. The zero-order chi connectivity index (χ0) is 18.0. The van der Waals surface area contributed by atoms with E-state index in [4.69, 9.17) is 14.2 Å². The number of phenols is 2. The van der Waals surface area contributed by atoms with Crippen molar-refractivity contribution in [3.05, 3.63) is 23.3 Å². The van der Waals surface area contributed by atoms with Crippen molar-refractivity contribution in [2.45, 2.75) is 45.4 Å². The highest BCUT2D eigenvalue weighted by atomic mass is 16.7. The molecule has 8 nitrogen and oxygen atoms in total. The molecule has 0 spiro atoms. The number of esters is 1. The van der Waals surface area contributed by atoms with Gasteiger partial charge in [-0.05, 0) is 32.4 Å². The van der Waals surface area contributed by atoms with E-state index in [-0.39, 0.29) is 23.5 Å². The van der Waals surface area contributed by atoms with Gasteiger partial charge in [-0.25, -0.2) is 4.79 Å². The number of Topliss-reactive ketones (excluding diaryl/α,β-unsaturated/α-hetero) is 1. The molecule has 3 N–H and O–H groups in total. The van der Waals surface area contributed by atoms with E-state index < -0.39 is 42.1 Å². The number of benzene rings is 1. The molecule has 0 bridgehead atoms. The Balaban J connectivity index is 2.27. The number of aryl methyl sites for hydroxylation is 1. The van der Waals surface area contributed by atoms with E-state index in [9.17, 15) is 24.9 Å². The summed E-state index contributed by atoms with van der Waals surface area (Å²) < 4.78 is 15.8. The maximum Gasteiger partial charge on any atom is 0.343 e. The topological polar surface area (TPSA) is 123 Å². The van der Waals surface area contributed by atoms with Gasteiger partial charge in [0.1, 0.15) is 23.2 Å². The molecule has 1 aliphatic rings. The molecule has 1 aromatic carbocycles. The van der Waals surface area contributed by atoms with E-state index in [1.807, 2.05) is 0 Å². The van der Waals surface area contributed by atoms with Gasteiger partial charge in [0.15, 0.2) is 0 Å². The molecule has 0 aromatic heterocycles. The van der Waals surface area contributed by atoms with Gasteiger partial charge in [0.05, 0.1) is 6.10 Å². The highest BCUT2D eigenvalue weighted by Gasteiger charge is 2.45. The quantitative estimate of drug-likeness (QED) is 0.683. The van der Waals surface area contributed by atoms with Gasteiger partial charge in [-0.15, -0.1) is 0 Å². The van der Waals surface area contributed by atoms with E-state index in [1.54, 1.807) is 6.92 Å². The summed E-state index contributed by atoms with van der Waals surface area (Å²) in [5, 5.41) is 29.1. The molecular weight excluding hydrogens is 320 g/mol. The number of ketones is 1. The molecule has 2 rings (SSSR count). The van der Waals surface area contributed by atoms with Crippen molar-refractivity contribution in [1.29, 1.82) is 0 Å². The number of aliphatic hydroxyl groups excluding tert-OH is 1. The predicted octanol–water partition coefficient (Wildman–Crippen LogP) is 0.643. The Morgan fingerprint density at radius 1 is 1.33 bits per heavy atom. The summed E-state index contributed by atoms with van der Waals surface area (Å²) in [5.41, 5.74) is 0.0764. The second kappa shape index (κ2) is 7.16. The molecule has 1 saturated heterocycles. The molecule has 0 unspecified atom stereocenters. The van der Waals surface area contributed by atoms with Crippen LogP contribution in [0.3, 0.4) is 0 Å². The number of aromatic hydroxyl groups is 2. The Labute approximate surface area is 138 Å². The van der Waals surface area contributed by atoms with Crippen LogP contribution in [0.2, 0.25) is 0 Å². The van der Waals surface area contributed by atoms with Gasteiger partial charge in [-0.2, -0.15) is 0 Å². The van der Waals surface area contributed by atoms with E-state index in [2.05, 4.69) is 0 Å². The van der Waals surface area contributed by atoms with Crippen molar-refractivity contribution in [3.63, 3.8) is 0 Å². The zero-order valence-electron chi connectivity index (χ0n) is 13.6. The Bertz CT molecular complexity index is 618. The third kappa shape index (κ3) is 3.50. The first kappa shape index (κ1) is 18.2. The van der Waals surface area contributed by atoms with Gasteiger partial charge < -0.3 is 29.5 Å². The highest BCUT2D eigenvalue weighted by Crippen LogP contribution is 2.29. The number of aliphatic hydroxyl groups is 1. The number of ether oxygens (including phenoxy) is 3. The van der Waals surface area contributed by atoms with Crippen molar-refractivity contribution in [3.8, 4) is 11.5 Å². The van der Waals surface area contributed by atoms with Crippen molar-refractivity contribution in [2.75, 3.05) is 6.61 Å². The largest absolute Gasteiger partial charge is 0.508 e. The fourth-order valence-electron chi connectivity index (χ4n) is 2.49. The lowest BCUT2D eigenvalue weighted by Crippen LogP contribution is -2.56. The zero-order valence-corrected chi connectivity index (χ0v) is 13.6. The van der Waals surface area contributed by atoms with Crippen LogP contribution in [0, 0.1) is 6.92 Å². The Hall–Kier alpha value is -2.16. The standard InChI is InChI=1S/C16H20O8/c1-4-22-16-14(13(20)12(19)8(3)23-16)24-15(21)11-7(2)5-9(17)6-10(11)18/h5-6,8,12,14,16-19H,4H2,1-3H3/t8-,12+,14+,16-/m0/s1. The van der Waals surface area contributed by atoms with E-state index in [1.165, 1.54) is 19.9 Å². The van der Waals surface area contributed by atoms with Crippen LogP contribution >= 0.6 is 0 Å². The average Bonchev–Trinajstić information content (AvgIpc) is 2.48. The molecule has 8 heteroatoms. The maximum atomic E-state index is 12.3. The van der Waals surface area contributed by atoms with Gasteiger partial charge >= 0.3 is 5.97 Å². The second-order valence-corrected chi connectivity index (χ2v) is 5.49. The third-order valence-electron chi connectivity index (χ3n) is 3.68. The van der Waals surface area contributed by atoms with Crippen LogP contribution in [0.25, 0.3) is 0 Å². The molecule has 0 aliphatic carbocycles. The van der Waals surface area contributed by atoms with Gasteiger partial charge in [0.2, 0.25) is 18.2 Å². The lowest BCUT2D eigenvalue weighted by atomic mass is 10.0. The molecule has 0 amide bonds. The third-order valence-corrected chi connectivity index (χ3v) is 3.68. The van der Waals surface area contributed by atoms with Crippen LogP contribution in [-0.2, 0) is 19.0 Å². The van der Waals surface area contributed by atoms with Crippen LogP contribution in [0.4, 0.5) is 0 Å².